The van der Waals surface area contributed by atoms with Crippen molar-refractivity contribution in [1.29, 1.82) is 0 Å². The molecule has 2 aromatic carbocycles. The largest absolute Gasteiger partial charge is 0.491 e. The van der Waals surface area contributed by atoms with Crippen molar-refractivity contribution in [3.05, 3.63) is 64.1 Å². The van der Waals surface area contributed by atoms with Gasteiger partial charge in [-0.25, -0.2) is 0 Å². The number of hydrogen-bond acceptors (Lipinski definition) is 2. The molecule has 2 nitrogen and oxygen atoms in total. The maximum absolute atomic E-state index is 10.7. The van der Waals surface area contributed by atoms with Gasteiger partial charge in [0.2, 0.25) is 0 Å². The van der Waals surface area contributed by atoms with Gasteiger partial charge < -0.3 is 9.84 Å². The molecule has 1 atom stereocenters. The Morgan fingerprint density at radius 1 is 1.05 bits per heavy atom. The predicted molar refractivity (Wildman–Crippen MR) is 89.6 cm³/mol. The molecule has 1 unspecified atom stereocenters. The minimum Gasteiger partial charge on any atom is -0.491 e. The van der Waals surface area contributed by atoms with Gasteiger partial charge in [-0.1, -0.05) is 40.2 Å². The molecule has 3 heteroatoms. The van der Waals surface area contributed by atoms with Crippen LogP contribution in [0, 0.1) is 0 Å². The molecule has 0 spiro atoms. The smallest absolute Gasteiger partial charge is 0.119 e. The highest BCUT2D eigenvalue weighted by Crippen LogP contribution is 2.27. The molecule has 0 heterocycles. The predicted octanol–water partition coefficient (Wildman–Crippen LogP) is 4.69. The maximum Gasteiger partial charge on any atom is 0.119 e. The minimum absolute atomic E-state index is 0.152. The molecule has 0 saturated heterocycles. The van der Waals surface area contributed by atoms with Crippen LogP contribution in [0.3, 0.4) is 0 Å². The molecular formula is C18H21BrO2. The van der Waals surface area contributed by atoms with E-state index >= 15 is 0 Å². The third-order valence-corrected chi connectivity index (χ3v) is 3.84. The van der Waals surface area contributed by atoms with E-state index in [1.54, 1.807) is 0 Å². The summed E-state index contributed by atoms with van der Waals surface area (Å²) in [4.78, 5) is 0. The highest BCUT2D eigenvalue weighted by Gasteiger charge is 2.23. The van der Waals surface area contributed by atoms with Crippen LogP contribution in [0.25, 0.3) is 0 Å². The monoisotopic (exact) mass is 348 g/mol. The van der Waals surface area contributed by atoms with Gasteiger partial charge in [-0.2, -0.15) is 0 Å². The fraction of sp³-hybridized carbons (Fsp3) is 0.333. The Morgan fingerprint density at radius 2 is 1.62 bits per heavy atom. The lowest BCUT2D eigenvalue weighted by Gasteiger charge is -2.24. The molecule has 1 N–H and O–H groups in total. The van der Waals surface area contributed by atoms with E-state index in [1.165, 1.54) is 0 Å². The first-order valence-corrected chi connectivity index (χ1v) is 7.90. The molecule has 2 aromatic rings. The second-order valence-electron chi connectivity index (χ2n) is 5.77. The Balaban J connectivity index is 2.13. The van der Waals surface area contributed by atoms with Crippen LogP contribution in [-0.4, -0.2) is 11.2 Å². The summed E-state index contributed by atoms with van der Waals surface area (Å²) in [6.07, 6.45) is 0.726. The lowest BCUT2D eigenvalue weighted by Crippen LogP contribution is -2.24. The standard InChI is InChI=1S/C18H21BrO2/c1-13(2)21-17-10-6-15(7-11-17)18(3,20)12-14-4-8-16(19)9-5-14/h4-11,13,20H,12H2,1-3H3. The molecule has 0 radical (unpaired) electrons. The van der Waals surface area contributed by atoms with Gasteiger partial charge in [-0.05, 0) is 56.2 Å². The Hall–Kier alpha value is -1.32. The number of hydrogen-bond donors (Lipinski definition) is 1. The van der Waals surface area contributed by atoms with Crippen LogP contribution in [0.1, 0.15) is 31.9 Å². The van der Waals surface area contributed by atoms with E-state index in [-0.39, 0.29) is 6.10 Å². The Bertz CT molecular complexity index is 571. The fourth-order valence-corrected chi connectivity index (χ4v) is 2.53. The van der Waals surface area contributed by atoms with E-state index in [2.05, 4.69) is 15.9 Å². The molecule has 0 aromatic heterocycles. The highest BCUT2D eigenvalue weighted by molar-refractivity contribution is 9.10. The quantitative estimate of drug-likeness (QED) is 0.849. The van der Waals surface area contributed by atoms with Crippen LogP contribution in [0.5, 0.6) is 5.75 Å². The first-order chi connectivity index (χ1) is 9.87. The molecule has 0 fully saturated rings. The third kappa shape index (κ3) is 4.58. The molecule has 0 aliphatic rings. The molecule has 0 amide bonds. The zero-order valence-electron chi connectivity index (χ0n) is 12.6. The van der Waals surface area contributed by atoms with E-state index < -0.39 is 5.60 Å². The molecule has 2 rings (SSSR count). The fourth-order valence-electron chi connectivity index (χ4n) is 2.27. The number of benzene rings is 2. The molecule has 0 aliphatic heterocycles. The zero-order chi connectivity index (χ0) is 15.5. The zero-order valence-corrected chi connectivity index (χ0v) is 14.2. The average molecular weight is 349 g/mol. The van der Waals surface area contributed by atoms with Crippen LogP contribution >= 0.6 is 15.9 Å². The van der Waals surface area contributed by atoms with Gasteiger partial charge in [0, 0.05) is 10.9 Å². The van der Waals surface area contributed by atoms with Gasteiger partial charge in [0.05, 0.1) is 11.7 Å². The maximum atomic E-state index is 10.7. The molecule has 21 heavy (non-hydrogen) atoms. The molecule has 0 saturated carbocycles. The van der Waals surface area contributed by atoms with Gasteiger partial charge in [-0.15, -0.1) is 0 Å². The Labute approximate surface area is 134 Å². The van der Waals surface area contributed by atoms with E-state index in [0.29, 0.717) is 6.42 Å². The third-order valence-electron chi connectivity index (χ3n) is 3.31. The number of ether oxygens (including phenoxy) is 1. The summed E-state index contributed by atoms with van der Waals surface area (Å²) in [6, 6.07) is 15.7. The molecule has 112 valence electrons. The normalized spacial score (nSPS) is 14.0. The van der Waals surface area contributed by atoms with Crippen molar-refractivity contribution in [1.82, 2.24) is 0 Å². The van der Waals surface area contributed by atoms with Gasteiger partial charge >= 0.3 is 0 Å². The molecule has 0 aliphatic carbocycles. The summed E-state index contributed by atoms with van der Waals surface area (Å²) in [5.41, 5.74) is 1.09. The van der Waals surface area contributed by atoms with Gasteiger partial charge in [0.1, 0.15) is 5.75 Å². The lowest BCUT2D eigenvalue weighted by atomic mass is 9.89. The first-order valence-electron chi connectivity index (χ1n) is 7.11. The Morgan fingerprint density at radius 3 is 2.14 bits per heavy atom. The molecule has 0 bridgehead atoms. The van der Waals surface area contributed by atoms with E-state index in [4.69, 9.17) is 4.74 Å². The van der Waals surface area contributed by atoms with Crippen molar-refractivity contribution in [3.63, 3.8) is 0 Å². The van der Waals surface area contributed by atoms with E-state index in [9.17, 15) is 5.11 Å². The van der Waals surface area contributed by atoms with Crippen molar-refractivity contribution in [2.75, 3.05) is 0 Å². The van der Waals surface area contributed by atoms with Crippen LogP contribution in [0.2, 0.25) is 0 Å². The number of aliphatic hydroxyl groups is 1. The van der Waals surface area contributed by atoms with Gasteiger partial charge in [0.15, 0.2) is 0 Å². The SMILES string of the molecule is CC(C)Oc1ccc(C(C)(O)Cc2ccc(Br)cc2)cc1. The topological polar surface area (TPSA) is 29.5 Å². The Kier molecular flexibility index (Phi) is 5.07. The van der Waals surface area contributed by atoms with Crippen molar-refractivity contribution < 1.29 is 9.84 Å². The summed E-state index contributed by atoms with van der Waals surface area (Å²) < 4.78 is 6.67. The summed E-state index contributed by atoms with van der Waals surface area (Å²) >= 11 is 3.42. The summed E-state index contributed by atoms with van der Waals surface area (Å²) in [5.74, 6) is 0.827. The van der Waals surface area contributed by atoms with Crippen LogP contribution in [0.4, 0.5) is 0 Å². The van der Waals surface area contributed by atoms with Crippen molar-refractivity contribution in [3.8, 4) is 5.75 Å². The van der Waals surface area contributed by atoms with Crippen LogP contribution in [-0.2, 0) is 12.0 Å². The second kappa shape index (κ2) is 6.63. The first kappa shape index (κ1) is 16.1. The van der Waals surface area contributed by atoms with Crippen molar-refractivity contribution in [2.45, 2.75) is 38.9 Å². The molecular weight excluding hydrogens is 328 g/mol. The van der Waals surface area contributed by atoms with Crippen LogP contribution in [0.15, 0.2) is 53.0 Å². The highest BCUT2D eigenvalue weighted by atomic mass is 79.9. The lowest BCUT2D eigenvalue weighted by molar-refractivity contribution is 0.0575. The van der Waals surface area contributed by atoms with Crippen LogP contribution < -0.4 is 4.74 Å². The van der Waals surface area contributed by atoms with Gasteiger partial charge in [-0.3, -0.25) is 0 Å². The second-order valence-corrected chi connectivity index (χ2v) is 6.68. The van der Waals surface area contributed by atoms with E-state index in [1.807, 2.05) is 69.3 Å². The minimum atomic E-state index is -0.899. The summed E-state index contributed by atoms with van der Waals surface area (Å²) in [5, 5.41) is 10.7. The number of rotatable bonds is 5. The van der Waals surface area contributed by atoms with Crippen molar-refractivity contribution >= 4 is 15.9 Å². The van der Waals surface area contributed by atoms with Gasteiger partial charge in [0.25, 0.3) is 0 Å². The van der Waals surface area contributed by atoms with E-state index in [0.717, 1.165) is 21.3 Å². The summed E-state index contributed by atoms with van der Waals surface area (Å²) in [6.45, 7) is 5.84. The van der Waals surface area contributed by atoms with Crippen molar-refractivity contribution in [2.24, 2.45) is 0 Å². The average Bonchev–Trinajstić information content (AvgIpc) is 2.41. The summed E-state index contributed by atoms with van der Waals surface area (Å²) in [7, 11) is 0. The number of halogens is 1.